The predicted molar refractivity (Wildman–Crippen MR) is 79.8 cm³/mol. The summed E-state index contributed by atoms with van der Waals surface area (Å²) in [5.74, 6) is -0.921. The second-order valence-electron chi connectivity index (χ2n) is 4.42. The summed E-state index contributed by atoms with van der Waals surface area (Å²) in [6.07, 6.45) is 0.753. The van der Waals surface area contributed by atoms with Gasteiger partial charge in [-0.05, 0) is 24.3 Å². The van der Waals surface area contributed by atoms with Crippen LogP contribution in [0.15, 0.2) is 51.3 Å². The monoisotopic (exact) mass is 319 g/mol. The Morgan fingerprint density at radius 2 is 2.14 bits per heavy atom. The van der Waals surface area contributed by atoms with Crippen molar-refractivity contribution >= 4 is 34.4 Å². The van der Waals surface area contributed by atoms with Crippen LogP contribution in [0.4, 0.5) is 10.1 Å². The minimum atomic E-state index is -0.614. The van der Waals surface area contributed by atoms with E-state index in [0.29, 0.717) is 16.4 Å². The van der Waals surface area contributed by atoms with Gasteiger partial charge in [-0.1, -0.05) is 11.8 Å². The van der Waals surface area contributed by atoms with Gasteiger partial charge in [0.1, 0.15) is 5.82 Å². The molecule has 1 aromatic carbocycles. The van der Waals surface area contributed by atoms with Gasteiger partial charge in [-0.3, -0.25) is 9.59 Å². The number of azo groups is 1. The molecular formula is C13H10FN5O2S. The third kappa shape index (κ3) is 3.19. The molecule has 0 aliphatic carbocycles. The largest absolute Gasteiger partial charge is 0.325 e. The molecule has 0 radical (unpaired) electrons. The zero-order valence-corrected chi connectivity index (χ0v) is 11.9. The lowest BCUT2D eigenvalue weighted by Gasteiger charge is -2.16. The summed E-state index contributed by atoms with van der Waals surface area (Å²) in [5, 5.41) is 13.0. The molecule has 2 N–H and O–H groups in total. The number of nitrogens with zero attached hydrogens (tertiary/aromatic N) is 3. The Hall–Kier alpha value is -2.55. The Bertz CT molecular complexity index is 714. The van der Waals surface area contributed by atoms with Gasteiger partial charge in [0.15, 0.2) is 11.3 Å². The van der Waals surface area contributed by atoms with E-state index in [2.05, 4.69) is 25.9 Å². The van der Waals surface area contributed by atoms with E-state index in [1.165, 1.54) is 30.5 Å². The van der Waals surface area contributed by atoms with Crippen molar-refractivity contribution in [3.05, 3.63) is 41.9 Å². The summed E-state index contributed by atoms with van der Waals surface area (Å²) in [5.41, 5.74) is 0.886. The van der Waals surface area contributed by atoms with Gasteiger partial charge in [0.25, 0.3) is 5.91 Å². The number of hydrogen-bond acceptors (Lipinski definition) is 6. The highest BCUT2D eigenvalue weighted by Crippen LogP contribution is 2.22. The summed E-state index contributed by atoms with van der Waals surface area (Å²) < 4.78 is 12.8. The first-order valence-corrected chi connectivity index (χ1v) is 7.28. The normalized spacial score (nSPS) is 19.1. The lowest BCUT2D eigenvalue weighted by atomic mass is 10.2. The number of anilines is 1. The van der Waals surface area contributed by atoms with Gasteiger partial charge in [0, 0.05) is 5.69 Å². The number of hydrogen-bond donors (Lipinski definition) is 2. The number of carbonyl (C=O) groups is 2. The van der Waals surface area contributed by atoms with Crippen LogP contribution in [-0.2, 0) is 9.59 Å². The molecule has 112 valence electrons. The highest BCUT2D eigenvalue weighted by molar-refractivity contribution is 8.14. The van der Waals surface area contributed by atoms with Gasteiger partial charge in [-0.25, -0.2) is 9.38 Å². The number of aliphatic imine (C=N–C) groups is 1. The second-order valence-corrected chi connectivity index (χ2v) is 5.39. The lowest BCUT2D eigenvalue weighted by molar-refractivity contribution is -0.116. The molecule has 1 atom stereocenters. The number of nitrogens with one attached hydrogen (secondary N) is 2. The van der Waals surface area contributed by atoms with Gasteiger partial charge in [-0.2, -0.15) is 10.2 Å². The Kier molecular flexibility index (Phi) is 3.96. The summed E-state index contributed by atoms with van der Waals surface area (Å²) in [4.78, 5) is 27.7. The summed E-state index contributed by atoms with van der Waals surface area (Å²) in [6, 6.07) is 5.45. The fourth-order valence-corrected chi connectivity index (χ4v) is 2.49. The first-order valence-electron chi connectivity index (χ1n) is 6.29. The van der Waals surface area contributed by atoms with Gasteiger partial charge in [0.05, 0.1) is 17.5 Å². The van der Waals surface area contributed by atoms with E-state index in [1.807, 2.05) is 0 Å². The average Bonchev–Trinajstić information content (AvgIpc) is 2.97. The summed E-state index contributed by atoms with van der Waals surface area (Å²) in [7, 11) is 0. The Balaban J connectivity index is 1.55. The van der Waals surface area contributed by atoms with Crippen LogP contribution < -0.4 is 10.6 Å². The van der Waals surface area contributed by atoms with Crippen molar-refractivity contribution in [3.8, 4) is 0 Å². The maximum Gasteiger partial charge on any atom is 0.258 e. The van der Waals surface area contributed by atoms with E-state index < -0.39 is 6.17 Å². The zero-order chi connectivity index (χ0) is 15.5. The molecule has 0 fully saturated rings. The number of benzene rings is 1. The van der Waals surface area contributed by atoms with Crippen LogP contribution in [0, 0.1) is 5.82 Å². The van der Waals surface area contributed by atoms with Crippen LogP contribution >= 0.6 is 11.8 Å². The number of amidine groups is 1. The van der Waals surface area contributed by atoms with Crippen LogP contribution in [-0.4, -0.2) is 28.9 Å². The number of fused-ring (bicyclic) bond motifs is 1. The van der Waals surface area contributed by atoms with Crippen molar-refractivity contribution in [1.29, 1.82) is 0 Å². The van der Waals surface area contributed by atoms with E-state index in [1.54, 1.807) is 0 Å². The Morgan fingerprint density at radius 3 is 2.91 bits per heavy atom. The Morgan fingerprint density at radius 1 is 1.36 bits per heavy atom. The van der Waals surface area contributed by atoms with E-state index in [4.69, 9.17) is 0 Å². The molecular weight excluding hydrogens is 309 g/mol. The van der Waals surface area contributed by atoms with E-state index in [9.17, 15) is 14.0 Å². The van der Waals surface area contributed by atoms with Crippen LogP contribution in [0.3, 0.4) is 0 Å². The van der Waals surface area contributed by atoms with E-state index in [0.717, 1.165) is 11.8 Å². The van der Waals surface area contributed by atoms with Gasteiger partial charge < -0.3 is 10.6 Å². The van der Waals surface area contributed by atoms with E-state index in [-0.39, 0.29) is 23.4 Å². The highest BCUT2D eigenvalue weighted by Gasteiger charge is 2.29. The highest BCUT2D eigenvalue weighted by atomic mass is 32.2. The van der Waals surface area contributed by atoms with Crippen molar-refractivity contribution in [2.45, 2.75) is 6.17 Å². The molecule has 0 aromatic heterocycles. The molecule has 3 rings (SSSR count). The molecule has 7 nitrogen and oxygen atoms in total. The summed E-state index contributed by atoms with van der Waals surface area (Å²) in [6.45, 7) is 0. The number of halogens is 1. The number of carbonyl (C=O) groups excluding carboxylic acids is 2. The number of amides is 2. The third-order valence-electron chi connectivity index (χ3n) is 2.84. The van der Waals surface area contributed by atoms with Crippen LogP contribution in [0.25, 0.3) is 0 Å². The first kappa shape index (κ1) is 14.4. The minimum Gasteiger partial charge on any atom is -0.325 e. The fourth-order valence-electron chi connectivity index (χ4n) is 1.81. The van der Waals surface area contributed by atoms with Gasteiger partial charge in [-0.15, -0.1) is 0 Å². The number of thioether (sulfide) groups is 1. The van der Waals surface area contributed by atoms with Crippen molar-refractivity contribution in [2.75, 3.05) is 11.1 Å². The molecule has 2 heterocycles. The maximum atomic E-state index is 12.8. The zero-order valence-electron chi connectivity index (χ0n) is 11.1. The SMILES string of the molecule is O=C(CSC1=NC2N=NC=C2C(=O)N1)Nc1ccc(F)cc1. The molecule has 0 spiro atoms. The first-order chi connectivity index (χ1) is 10.6. The minimum absolute atomic E-state index is 0.0550. The topological polar surface area (TPSA) is 95.3 Å². The van der Waals surface area contributed by atoms with Crippen LogP contribution in [0.2, 0.25) is 0 Å². The van der Waals surface area contributed by atoms with E-state index >= 15 is 0 Å². The molecule has 0 saturated heterocycles. The smallest absolute Gasteiger partial charge is 0.258 e. The van der Waals surface area contributed by atoms with Gasteiger partial charge >= 0.3 is 0 Å². The van der Waals surface area contributed by atoms with Crippen molar-refractivity contribution in [2.24, 2.45) is 15.2 Å². The van der Waals surface area contributed by atoms with Crippen molar-refractivity contribution < 1.29 is 14.0 Å². The number of rotatable bonds is 3. The van der Waals surface area contributed by atoms with Crippen LogP contribution in [0.1, 0.15) is 0 Å². The predicted octanol–water partition coefficient (Wildman–Crippen LogP) is 1.66. The van der Waals surface area contributed by atoms with Gasteiger partial charge in [0.2, 0.25) is 5.91 Å². The third-order valence-corrected chi connectivity index (χ3v) is 3.73. The maximum absolute atomic E-state index is 12.8. The molecule has 1 unspecified atom stereocenters. The molecule has 0 saturated carbocycles. The average molecular weight is 319 g/mol. The fraction of sp³-hybridized carbons (Fsp3) is 0.154. The molecule has 2 aliphatic heterocycles. The quantitative estimate of drug-likeness (QED) is 0.887. The standard InChI is InChI=1S/C13H10FN5O2S/c14-7-1-3-8(4-2-7)16-10(20)6-22-13-17-11-9(5-15-19-11)12(21)18-13/h1-5,11H,6H2,(H,16,20)(H,17,18,21). The molecule has 0 bridgehead atoms. The van der Waals surface area contributed by atoms with Crippen LogP contribution in [0.5, 0.6) is 0 Å². The van der Waals surface area contributed by atoms with Crippen molar-refractivity contribution in [3.63, 3.8) is 0 Å². The Labute approximate surface area is 128 Å². The molecule has 2 aliphatic rings. The molecule has 2 amide bonds. The molecule has 9 heteroatoms. The lowest BCUT2D eigenvalue weighted by Crippen LogP contribution is -2.38. The molecule has 1 aromatic rings. The van der Waals surface area contributed by atoms with Crippen molar-refractivity contribution in [1.82, 2.24) is 5.32 Å². The summed E-state index contributed by atoms with van der Waals surface area (Å²) >= 11 is 1.08. The molecule has 22 heavy (non-hydrogen) atoms. The second kappa shape index (κ2) is 6.06.